The minimum Gasteiger partial charge on any atom is -0.494 e. The van der Waals surface area contributed by atoms with Crippen molar-refractivity contribution in [3.8, 4) is 5.75 Å². The van der Waals surface area contributed by atoms with E-state index in [1.54, 1.807) is 0 Å². The lowest BCUT2D eigenvalue weighted by Crippen LogP contribution is -2.13. The third kappa shape index (κ3) is 2.12. The maximum absolute atomic E-state index is 13.3. The highest BCUT2D eigenvalue weighted by Gasteiger charge is 2.18. The second-order valence-electron chi connectivity index (χ2n) is 2.94. The molecule has 0 amide bonds. The van der Waals surface area contributed by atoms with Gasteiger partial charge in [0.1, 0.15) is 0 Å². The van der Waals surface area contributed by atoms with Gasteiger partial charge in [0.15, 0.2) is 11.6 Å². The minimum absolute atomic E-state index is 0.0988. The highest BCUT2D eigenvalue weighted by atomic mass is 19.1. The number of aliphatic carboxylic acids is 1. The summed E-state index contributed by atoms with van der Waals surface area (Å²) in [7, 11) is 1.24. The number of benzene rings is 1. The second kappa shape index (κ2) is 4.08. The molecular weight excluding hydrogens is 203 g/mol. The van der Waals surface area contributed by atoms with Crippen LogP contribution in [-0.4, -0.2) is 24.0 Å². The molecule has 0 aliphatic rings. The number of methoxy groups -OCH3 is 1. The fourth-order valence-electron chi connectivity index (χ4n) is 1.14. The van der Waals surface area contributed by atoms with E-state index in [4.69, 9.17) is 5.11 Å². The van der Waals surface area contributed by atoms with Gasteiger partial charge in [-0.2, -0.15) is 0 Å². The number of ketones is 1. The Morgan fingerprint density at radius 1 is 1.40 bits per heavy atom. The van der Waals surface area contributed by atoms with Gasteiger partial charge < -0.3 is 9.84 Å². The monoisotopic (exact) mass is 212 g/mol. The quantitative estimate of drug-likeness (QED) is 0.607. The fourth-order valence-corrected chi connectivity index (χ4v) is 1.14. The molecule has 0 radical (unpaired) electrons. The molecule has 15 heavy (non-hydrogen) atoms. The zero-order valence-corrected chi connectivity index (χ0v) is 8.20. The largest absolute Gasteiger partial charge is 0.494 e. The molecule has 1 aromatic carbocycles. The summed E-state index contributed by atoms with van der Waals surface area (Å²) in [4.78, 5) is 21.5. The minimum atomic E-state index is -1.58. The Morgan fingerprint density at radius 2 is 2.00 bits per heavy atom. The number of halogens is 1. The molecule has 5 heteroatoms. The van der Waals surface area contributed by atoms with Crippen LogP contribution in [0.15, 0.2) is 12.1 Å². The van der Waals surface area contributed by atoms with E-state index in [1.807, 2.05) is 0 Å². The smallest absolute Gasteiger partial charge is 0.377 e. The molecule has 0 saturated heterocycles. The van der Waals surface area contributed by atoms with E-state index in [0.29, 0.717) is 0 Å². The first kappa shape index (κ1) is 11.2. The average molecular weight is 212 g/mol. The molecule has 0 bridgehead atoms. The summed E-state index contributed by atoms with van der Waals surface area (Å²) in [6, 6.07) is 2.24. The van der Waals surface area contributed by atoms with Gasteiger partial charge in [-0.15, -0.1) is 0 Å². The van der Waals surface area contributed by atoms with Gasteiger partial charge in [0.25, 0.3) is 5.78 Å². The summed E-state index contributed by atoms with van der Waals surface area (Å²) in [5.74, 6) is -3.40. The molecule has 80 valence electrons. The molecule has 1 rings (SSSR count). The maximum atomic E-state index is 13.3. The number of carboxylic acids is 1. The summed E-state index contributed by atoms with van der Waals surface area (Å²) >= 11 is 0. The van der Waals surface area contributed by atoms with Crippen LogP contribution in [0.5, 0.6) is 5.75 Å². The Hall–Kier alpha value is -1.91. The number of hydrogen-bond acceptors (Lipinski definition) is 3. The summed E-state index contributed by atoms with van der Waals surface area (Å²) in [6.07, 6.45) is 0. The third-order valence-corrected chi connectivity index (χ3v) is 1.90. The average Bonchev–Trinajstić information content (AvgIpc) is 2.20. The Bertz CT molecular complexity index is 426. The number of ether oxygens (including phenoxy) is 1. The van der Waals surface area contributed by atoms with Crippen molar-refractivity contribution < 1.29 is 23.8 Å². The molecule has 0 atom stereocenters. The van der Waals surface area contributed by atoms with E-state index < -0.39 is 17.6 Å². The molecular formula is C10H9FO4. The molecule has 1 aromatic rings. The van der Waals surface area contributed by atoms with Crippen molar-refractivity contribution in [2.45, 2.75) is 6.92 Å². The van der Waals surface area contributed by atoms with Gasteiger partial charge in [0, 0.05) is 5.56 Å². The molecule has 0 fully saturated rings. The Labute approximate surface area is 85.3 Å². The highest BCUT2D eigenvalue weighted by Crippen LogP contribution is 2.22. The van der Waals surface area contributed by atoms with E-state index in [-0.39, 0.29) is 16.9 Å². The van der Waals surface area contributed by atoms with Gasteiger partial charge in [-0.3, -0.25) is 4.79 Å². The van der Waals surface area contributed by atoms with Crippen molar-refractivity contribution in [2.24, 2.45) is 0 Å². The molecule has 0 saturated carbocycles. The predicted octanol–water partition coefficient (Wildman–Crippen LogP) is 1.41. The molecule has 0 unspecified atom stereocenters. The molecule has 4 nitrogen and oxygen atoms in total. The van der Waals surface area contributed by atoms with Gasteiger partial charge in [0.05, 0.1) is 7.11 Å². The van der Waals surface area contributed by atoms with E-state index in [2.05, 4.69) is 4.74 Å². The first-order valence-corrected chi connectivity index (χ1v) is 4.09. The van der Waals surface area contributed by atoms with Crippen LogP contribution >= 0.6 is 0 Å². The van der Waals surface area contributed by atoms with Crippen molar-refractivity contribution >= 4 is 11.8 Å². The van der Waals surface area contributed by atoms with E-state index in [9.17, 15) is 14.0 Å². The topological polar surface area (TPSA) is 63.6 Å². The van der Waals surface area contributed by atoms with Gasteiger partial charge in [-0.05, 0) is 24.6 Å². The lowest BCUT2D eigenvalue weighted by molar-refractivity contribution is -0.131. The van der Waals surface area contributed by atoms with Crippen LogP contribution in [0, 0.1) is 12.7 Å². The molecule has 0 heterocycles. The van der Waals surface area contributed by atoms with Gasteiger partial charge in [-0.25, -0.2) is 9.18 Å². The van der Waals surface area contributed by atoms with Crippen molar-refractivity contribution in [1.29, 1.82) is 0 Å². The van der Waals surface area contributed by atoms with Crippen LogP contribution in [0.25, 0.3) is 0 Å². The van der Waals surface area contributed by atoms with Crippen molar-refractivity contribution in [1.82, 2.24) is 0 Å². The zero-order chi connectivity index (χ0) is 11.6. The predicted molar refractivity (Wildman–Crippen MR) is 49.7 cm³/mol. The van der Waals surface area contributed by atoms with Gasteiger partial charge in [0.2, 0.25) is 0 Å². The van der Waals surface area contributed by atoms with Crippen LogP contribution in [0.3, 0.4) is 0 Å². The standard InChI is InChI=1S/C10H9FO4/c1-5-3-6(9(12)10(13)14)4-7(15-2)8(5)11/h3-4H,1-2H3,(H,13,14). The van der Waals surface area contributed by atoms with Crippen LogP contribution in [-0.2, 0) is 4.79 Å². The summed E-state index contributed by atoms with van der Waals surface area (Å²) in [5.41, 5.74) is 0.0669. The van der Waals surface area contributed by atoms with Crippen LogP contribution in [0.1, 0.15) is 15.9 Å². The number of carbonyl (C=O) groups excluding carboxylic acids is 1. The normalized spacial score (nSPS) is 9.80. The lowest BCUT2D eigenvalue weighted by Gasteiger charge is -2.06. The fraction of sp³-hybridized carbons (Fsp3) is 0.200. The summed E-state index contributed by atoms with van der Waals surface area (Å²) < 4.78 is 17.9. The number of rotatable bonds is 3. The number of Topliss-reactive ketones (excluding diaryl/α,β-unsaturated/α-hetero) is 1. The number of carboxylic acid groups (broad SMARTS) is 1. The van der Waals surface area contributed by atoms with E-state index in [1.165, 1.54) is 20.1 Å². The van der Waals surface area contributed by atoms with Gasteiger partial charge in [-0.1, -0.05) is 0 Å². The number of aryl methyl sites for hydroxylation is 1. The molecule has 0 aliphatic heterocycles. The maximum Gasteiger partial charge on any atom is 0.377 e. The van der Waals surface area contributed by atoms with Crippen LogP contribution in [0.4, 0.5) is 4.39 Å². The van der Waals surface area contributed by atoms with Crippen LogP contribution < -0.4 is 4.74 Å². The highest BCUT2D eigenvalue weighted by molar-refractivity contribution is 6.39. The van der Waals surface area contributed by atoms with Gasteiger partial charge >= 0.3 is 5.97 Å². The summed E-state index contributed by atoms with van der Waals surface area (Å²) in [6.45, 7) is 1.43. The van der Waals surface area contributed by atoms with Crippen molar-refractivity contribution in [2.75, 3.05) is 7.11 Å². The first-order chi connectivity index (χ1) is 6.97. The van der Waals surface area contributed by atoms with Crippen LogP contribution in [0.2, 0.25) is 0 Å². The zero-order valence-electron chi connectivity index (χ0n) is 8.20. The molecule has 1 N–H and O–H groups in total. The Morgan fingerprint density at radius 3 is 2.47 bits per heavy atom. The van der Waals surface area contributed by atoms with Crippen molar-refractivity contribution in [3.05, 3.63) is 29.1 Å². The summed E-state index contributed by atoms with van der Waals surface area (Å²) in [5, 5.41) is 8.48. The Kier molecular flexibility index (Phi) is 3.04. The second-order valence-corrected chi connectivity index (χ2v) is 2.94. The van der Waals surface area contributed by atoms with E-state index in [0.717, 1.165) is 6.07 Å². The molecule has 0 aliphatic carbocycles. The molecule has 0 aromatic heterocycles. The SMILES string of the molecule is COc1cc(C(=O)C(=O)O)cc(C)c1F. The first-order valence-electron chi connectivity index (χ1n) is 4.09. The number of carbonyl (C=O) groups is 2. The number of hydrogen-bond donors (Lipinski definition) is 1. The lowest BCUT2D eigenvalue weighted by atomic mass is 10.1. The Balaban J connectivity index is 3.28. The van der Waals surface area contributed by atoms with E-state index >= 15 is 0 Å². The van der Waals surface area contributed by atoms with Crippen molar-refractivity contribution in [3.63, 3.8) is 0 Å². The molecule has 0 spiro atoms. The third-order valence-electron chi connectivity index (χ3n) is 1.90.